The van der Waals surface area contributed by atoms with Gasteiger partial charge < -0.3 is 5.32 Å². The van der Waals surface area contributed by atoms with E-state index in [9.17, 15) is 9.59 Å². The van der Waals surface area contributed by atoms with E-state index in [4.69, 9.17) is 0 Å². The highest BCUT2D eigenvalue weighted by atomic mass is 16.2. The molecule has 16 heavy (non-hydrogen) atoms. The Morgan fingerprint density at radius 3 is 2.56 bits per heavy atom. The van der Waals surface area contributed by atoms with Crippen LogP contribution in [0.3, 0.4) is 0 Å². The molecule has 0 bridgehead atoms. The van der Waals surface area contributed by atoms with E-state index in [1.54, 1.807) is 0 Å². The van der Waals surface area contributed by atoms with E-state index < -0.39 is 0 Å². The molecule has 2 fully saturated rings. The molecule has 0 aromatic rings. The molecule has 2 heterocycles. The maximum Gasteiger partial charge on any atom is 0.229 e. The molecule has 5 nitrogen and oxygen atoms in total. The number of hydrogen-bond donors (Lipinski definition) is 1. The lowest BCUT2D eigenvalue weighted by Gasteiger charge is -2.34. The van der Waals surface area contributed by atoms with Crippen LogP contribution in [0.25, 0.3) is 0 Å². The zero-order chi connectivity index (χ0) is 11.5. The van der Waals surface area contributed by atoms with Crippen LogP contribution in [0, 0.1) is 0 Å². The Hall–Kier alpha value is -0.940. The number of piperazine rings is 1. The molecule has 0 aromatic heterocycles. The summed E-state index contributed by atoms with van der Waals surface area (Å²) in [4.78, 5) is 26.6. The van der Waals surface area contributed by atoms with Gasteiger partial charge in [0, 0.05) is 51.6 Å². The van der Waals surface area contributed by atoms with Crippen LogP contribution in [0.4, 0.5) is 0 Å². The van der Waals surface area contributed by atoms with Crippen molar-refractivity contribution in [2.45, 2.75) is 25.8 Å². The lowest BCUT2D eigenvalue weighted by atomic mass is 10.2. The van der Waals surface area contributed by atoms with Gasteiger partial charge in [0.2, 0.25) is 11.8 Å². The molecule has 0 spiro atoms. The summed E-state index contributed by atoms with van der Waals surface area (Å²) in [6, 6.07) is 0.488. The smallest absolute Gasteiger partial charge is 0.229 e. The summed E-state index contributed by atoms with van der Waals surface area (Å²) in [6.45, 7) is 6.51. The number of hydrogen-bond acceptors (Lipinski definition) is 4. The second-order valence-electron chi connectivity index (χ2n) is 4.53. The molecule has 1 N–H and O–H groups in total. The van der Waals surface area contributed by atoms with Gasteiger partial charge in [0.15, 0.2) is 0 Å². The highest BCUT2D eigenvalue weighted by Crippen LogP contribution is 2.12. The van der Waals surface area contributed by atoms with E-state index >= 15 is 0 Å². The van der Waals surface area contributed by atoms with Gasteiger partial charge in [0.1, 0.15) is 0 Å². The second kappa shape index (κ2) is 4.93. The number of rotatable bonds is 3. The summed E-state index contributed by atoms with van der Waals surface area (Å²) < 4.78 is 0. The third-order valence-electron chi connectivity index (χ3n) is 3.40. The number of carbonyl (C=O) groups excluding carboxylic acids is 2. The number of nitrogens with zero attached hydrogens (tertiary/aromatic N) is 2. The zero-order valence-electron chi connectivity index (χ0n) is 9.74. The largest absolute Gasteiger partial charge is 0.314 e. The van der Waals surface area contributed by atoms with E-state index in [1.165, 1.54) is 4.90 Å². The van der Waals surface area contributed by atoms with Gasteiger partial charge >= 0.3 is 0 Å². The minimum Gasteiger partial charge on any atom is -0.314 e. The van der Waals surface area contributed by atoms with Crippen molar-refractivity contribution >= 4 is 11.8 Å². The second-order valence-corrected chi connectivity index (χ2v) is 4.53. The number of nitrogens with one attached hydrogen (secondary N) is 1. The Labute approximate surface area is 95.8 Å². The minimum atomic E-state index is -0.00668. The Bertz CT molecular complexity index is 277. The predicted molar refractivity (Wildman–Crippen MR) is 59.9 cm³/mol. The van der Waals surface area contributed by atoms with E-state index in [0.717, 1.165) is 26.2 Å². The van der Waals surface area contributed by atoms with Crippen molar-refractivity contribution in [3.8, 4) is 0 Å². The lowest BCUT2D eigenvalue weighted by Crippen LogP contribution is -2.52. The average Bonchev–Trinajstić information content (AvgIpc) is 2.58. The fourth-order valence-corrected chi connectivity index (χ4v) is 2.32. The van der Waals surface area contributed by atoms with Gasteiger partial charge in [0.25, 0.3) is 0 Å². The molecule has 90 valence electrons. The third kappa shape index (κ3) is 2.41. The molecule has 2 amide bonds. The maximum atomic E-state index is 11.4. The quantitative estimate of drug-likeness (QED) is 0.654. The van der Waals surface area contributed by atoms with E-state index in [-0.39, 0.29) is 11.8 Å². The van der Waals surface area contributed by atoms with Crippen LogP contribution in [0.15, 0.2) is 0 Å². The number of imide groups is 1. The van der Waals surface area contributed by atoms with Crippen molar-refractivity contribution in [1.29, 1.82) is 0 Å². The Morgan fingerprint density at radius 1 is 1.25 bits per heavy atom. The Balaban J connectivity index is 1.82. The molecule has 0 aromatic carbocycles. The fraction of sp³-hybridized carbons (Fsp3) is 0.818. The Kier molecular flexibility index (Phi) is 3.56. The molecule has 1 atom stereocenters. The highest BCUT2D eigenvalue weighted by molar-refractivity contribution is 6.01. The lowest BCUT2D eigenvalue weighted by molar-refractivity contribution is -0.138. The van der Waals surface area contributed by atoms with E-state index in [0.29, 0.717) is 25.4 Å². The molecule has 2 aliphatic heterocycles. The van der Waals surface area contributed by atoms with Crippen LogP contribution in [-0.2, 0) is 9.59 Å². The third-order valence-corrected chi connectivity index (χ3v) is 3.40. The van der Waals surface area contributed by atoms with Crippen molar-refractivity contribution in [3.63, 3.8) is 0 Å². The van der Waals surface area contributed by atoms with Gasteiger partial charge in [-0.3, -0.25) is 19.4 Å². The molecule has 0 radical (unpaired) electrons. The predicted octanol–water partition coefficient (Wildman–Crippen LogP) is -0.571. The summed E-state index contributed by atoms with van der Waals surface area (Å²) in [5.41, 5.74) is 0. The van der Waals surface area contributed by atoms with Crippen molar-refractivity contribution in [2.24, 2.45) is 0 Å². The molecule has 0 saturated carbocycles. The van der Waals surface area contributed by atoms with Crippen molar-refractivity contribution in [2.75, 3.05) is 32.7 Å². The molecular weight excluding hydrogens is 206 g/mol. The van der Waals surface area contributed by atoms with Gasteiger partial charge in [-0.2, -0.15) is 0 Å². The van der Waals surface area contributed by atoms with Crippen LogP contribution in [-0.4, -0.2) is 60.4 Å². The normalized spacial score (nSPS) is 27.8. The van der Waals surface area contributed by atoms with Gasteiger partial charge in [-0.15, -0.1) is 0 Å². The summed E-state index contributed by atoms with van der Waals surface area (Å²) in [6.07, 6.45) is 0.798. The minimum absolute atomic E-state index is 0.00668. The van der Waals surface area contributed by atoms with Gasteiger partial charge in [-0.25, -0.2) is 0 Å². The summed E-state index contributed by atoms with van der Waals surface area (Å²) in [5.74, 6) is -0.0134. The first-order valence-electron chi connectivity index (χ1n) is 5.96. The average molecular weight is 225 g/mol. The van der Waals surface area contributed by atoms with Crippen LogP contribution in [0.2, 0.25) is 0 Å². The first kappa shape index (κ1) is 11.5. The highest BCUT2D eigenvalue weighted by Gasteiger charge is 2.29. The fourth-order valence-electron chi connectivity index (χ4n) is 2.32. The number of likely N-dealkylation sites (tertiary alicyclic amines) is 1. The molecular formula is C11H19N3O2. The molecule has 2 rings (SSSR count). The van der Waals surface area contributed by atoms with Crippen LogP contribution in [0.1, 0.15) is 19.8 Å². The SMILES string of the molecule is C[C@@H]1CNCCN1CCN1C(=O)CCC1=O. The molecule has 5 heteroatoms. The topological polar surface area (TPSA) is 52.6 Å². The standard InChI is InChI=1S/C11H19N3O2/c1-9-8-12-4-5-13(9)6-7-14-10(15)2-3-11(14)16/h9,12H,2-8H2,1H3/t9-/m1/s1. The van der Waals surface area contributed by atoms with E-state index in [2.05, 4.69) is 17.1 Å². The van der Waals surface area contributed by atoms with Gasteiger partial charge in [-0.05, 0) is 6.92 Å². The first-order chi connectivity index (χ1) is 7.68. The monoisotopic (exact) mass is 225 g/mol. The first-order valence-corrected chi connectivity index (χ1v) is 5.96. The maximum absolute atomic E-state index is 11.4. The number of carbonyl (C=O) groups is 2. The summed E-state index contributed by atoms with van der Waals surface area (Å²) >= 11 is 0. The van der Waals surface area contributed by atoms with E-state index in [1.807, 2.05) is 0 Å². The summed E-state index contributed by atoms with van der Waals surface area (Å²) in [5, 5.41) is 3.32. The van der Waals surface area contributed by atoms with Crippen LogP contribution >= 0.6 is 0 Å². The van der Waals surface area contributed by atoms with Crippen molar-refractivity contribution < 1.29 is 9.59 Å². The van der Waals surface area contributed by atoms with Gasteiger partial charge in [-0.1, -0.05) is 0 Å². The molecule has 2 aliphatic rings. The molecule has 2 saturated heterocycles. The van der Waals surface area contributed by atoms with Crippen molar-refractivity contribution in [1.82, 2.24) is 15.1 Å². The van der Waals surface area contributed by atoms with Gasteiger partial charge in [0.05, 0.1) is 0 Å². The zero-order valence-corrected chi connectivity index (χ0v) is 9.74. The van der Waals surface area contributed by atoms with Crippen LogP contribution in [0.5, 0.6) is 0 Å². The number of amides is 2. The van der Waals surface area contributed by atoms with Crippen LogP contribution < -0.4 is 5.32 Å². The molecule has 0 aliphatic carbocycles. The van der Waals surface area contributed by atoms with Crippen molar-refractivity contribution in [3.05, 3.63) is 0 Å². The summed E-state index contributed by atoms with van der Waals surface area (Å²) in [7, 11) is 0. The Morgan fingerprint density at radius 2 is 1.94 bits per heavy atom. The molecule has 0 unspecified atom stereocenters.